The molecule has 4 rings (SSSR count). The van der Waals surface area contributed by atoms with Crippen LogP contribution in [-0.4, -0.2) is 30.1 Å². The van der Waals surface area contributed by atoms with Gasteiger partial charge in [0, 0.05) is 27.2 Å². The van der Waals surface area contributed by atoms with Crippen molar-refractivity contribution in [1.82, 2.24) is 4.98 Å². The molecule has 0 aliphatic rings. The van der Waals surface area contributed by atoms with E-state index in [1.54, 1.807) is 50.2 Å². The van der Waals surface area contributed by atoms with Crippen LogP contribution in [0.25, 0.3) is 22.0 Å². The van der Waals surface area contributed by atoms with Crippen LogP contribution in [0.3, 0.4) is 0 Å². The third kappa shape index (κ3) is 5.78. The number of aromatic nitrogens is 1. The van der Waals surface area contributed by atoms with Gasteiger partial charge in [0.15, 0.2) is 0 Å². The minimum Gasteiger partial charge on any atom is -0.466 e. The maximum atomic E-state index is 13.3. The molecule has 1 aromatic heterocycles. The minimum absolute atomic E-state index is 0.0533. The fourth-order valence-electron chi connectivity index (χ4n) is 4.12. The first-order valence-corrected chi connectivity index (χ1v) is 12.1. The van der Waals surface area contributed by atoms with Gasteiger partial charge < -0.3 is 19.2 Å². The number of benzene rings is 3. The number of carbonyl (C=O) groups excluding carboxylic acids is 2. The highest BCUT2D eigenvalue weighted by Crippen LogP contribution is 2.43. The minimum atomic E-state index is -4.56. The average molecular weight is 546 g/mol. The third-order valence-electron chi connectivity index (χ3n) is 5.61. The van der Waals surface area contributed by atoms with Gasteiger partial charge in [-0.05, 0) is 61.9 Å². The molecule has 0 amide bonds. The zero-order chi connectivity index (χ0) is 27.4. The van der Waals surface area contributed by atoms with Gasteiger partial charge in [-0.25, -0.2) is 4.79 Å². The fourth-order valence-corrected chi connectivity index (χ4v) is 4.31. The molecule has 3 aromatic carbocycles. The van der Waals surface area contributed by atoms with Gasteiger partial charge in [-0.15, -0.1) is 0 Å². The Hall–Kier alpha value is -3.98. The summed E-state index contributed by atoms with van der Waals surface area (Å²) in [5.74, 6) is -1.11. The fraction of sp³-hybridized carbons (Fsp3) is 0.214. The van der Waals surface area contributed by atoms with Crippen molar-refractivity contribution in [3.63, 3.8) is 0 Å². The highest BCUT2D eigenvalue weighted by atomic mass is 35.5. The second-order valence-electron chi connectivity index (χ2n) is 8.18. The molecule has 1 N–H and O–H groups in total. The molecule has 4 aromatic rings. The van der Waals surface area contributed by atoms with Crippen LogP contribution < -0.4 is 4.74 Å². The molecule has 38 heavy (non-hydrogen) atoms. The topological polar surface area (TPSA) is 77.6 Å². The predicted molar refractivity (Wildman–Crippen MR) is 137 cm³/mol. The van der Waals surface area contributed by atoms with Crippen LogP contribution >= 0.6 is 11.6 Å². The Bertz CT molecular complexity index is 1500. The molecule has 0 unspecified atom stereocenters. The summed E-state index contributed by atoms with van der Waals surface area (Å²) in [5, 5.41) is 0.763. The molecule has 0 atom stereocenters. The second-order valence-corrected chi connectivity index (χ2v) is 8.62. The van der Waals surface area contributed by atoms with Gasteiger partial charge >= 0.3 is 18.1 Å². The molecule has 0 spiro atoms. The molecular weight excluding hydrogens is 523 g/mol. The smallest absolute Gasteiger partial charge is 0.416 e. The molecule has 0 bridgehead atoms. The number of fused-ring (bicyclic) bond motifs is 1. The number of alkyl halides is 3. The quantitative estimate of drug-likeness (QED) is 0.231. The summed E-state index contributed by atoms with van der Waals surface area (Å²) in [6.45, 7) is 3.57. The van der Waals surface area contributed by atoms with E-state index in [0.29, 0.717) is 27.1 Å². The van der Waals surface area contributed by atoms with Crippen LogP contribution in [0, 0.1) is 0 Å². The van der Waals surface area contributed by atoms with Crippen LogP contribution in [0.4, 0.5) is 13.2 Å². The van der Waals surface area contributed by atoms with Crippen molar-refractivity contribution in [3.05, 3.63) is 82.5 Å². The van der Waals surface area contributed by atoms with E-state index < -0.39 is 23.7 Å². The van der Waals surface area contributed by atoms with Crippen LogP contribution in [0.15, 0.2) is 60.7 Å². The van der Waals surface area contributed by atoms with E-state index >= 15 is 0 Å². The van der Waals surface area contributed by atoms with Crippen molar-refractivity contribution in [2.45, 2.75) is 26.4 Å². The largest absolute Gasteiger partial charge is 0.466 e. The van der Waals surface area contributed by atoms with Gasteiger partial charge in [-0.2, -0.15) is 13.2 Å². The van der Waals surface area contributed by atoms with Crippen LogP contribution in [0.5, 0.6) is 11.5 Å². The average Bonchev–Trinajstić information content (AvgIpc) is 3.21. The van der Waals surface area contributed by atoms with Crippen LogP contribution in [0.1, 0.15) is 35.5 Å². The second kappa shape index (κ2) is 11.2. The number of hydrogen-bond donors (Lipinski definition) is 1. The van der Waals surface area contributed by atoms with Crippen LogP contribution in [0.2, 0.25) is 5.02 Å². The highest BCUT2D eigenvalue weighted by Gasteiger charge is 2.31. The molecule has 0 saturated heterocycles. The predicted octanol–water partition coefficient (Wildman–Crippen LogP) is 7.58. The molecule has 198 valence electrons. The molecule has 1 heterocycles. The number of H-pyrrole nitrogens is 1. The normalized spacial score (nSPS) is 11.4. The Morgan fingerprint density at radius 3 is 2.37 bits per heavy atom. The van der Waals surface area contributed by atoms with Crippen LogP contribution in [-0.2, 0) is 26.9 Å². The van der Waals surface area contributed by atoms with Gasteiger partial charge in [0.2, 0.25) is 0 Å². The summed E-state index contributed by atoms with van der Waals surface area (Å²) in [4.78, 5) is 28.6. The van der Waals surface area contributed by atoms with Crippen molar-refractivity contribution in [2.75, 3.05) is 13.2 Å². The Morgan fingerprint density at radius 1 is 0.947 bits per heavy atom. The lowest BCUT2D eigenvalue weighted by atomic mass is 9.96. The summed E-state index contributed by atoms with van der Waals surface area (Å²) in [6, 6.07) is 14.4. The van der Waals surface area contributed by atoms with E-state index in [9.17, 15) is 22.8 Å². The number of aromatic amines is 1. The molecule has 0 radical (unpaired) electrons. The Morgan fingerprint density at radius 2 is 1.68 bits per heavy atom. The van der Waals surface area contributed by atoms with Gasteiger partial charge in [-0.3, -0.25) is 4.79 Å². The van der Waals surface area contributed by atoms with Gasteiger partial charge in [-0.1, -0.05) is 29.8 Å². The summed E-state index contributed by atoms with van der Waals surface area (Å²) in [6.07, 6.45) is -4.78. The summed E-state index contributed by atoms with van der Waals surface area (Å²) in [5.41, 5.74) is 0.912. The van der Waals surface area contributed by atoms with E-state index in [2.05, 4.69) is 4.98 Å². The molecule has 0 saturated carbocycles. The summed E-state index contributed by atoms with van der Waals surface area (Å²) < 4.78 is 56.3. The highest BCUT2D eigenvalue weighted by molar-refractivity contribution is 6.31. The zero-order valence-corrected chi connectivity index (χ0v) is 21.2. The molecule has 0 aliphatic heterocycles. The Labute approximate surface area is 221 Å². The van der Waals surface area contributed by atoms with Gasteiger partial charge in [0.25, 0.3) is 0 Å². The van der Waals surface area contributed by atoms with Crippen molar-refractivity contribution < 1.29 is 37.0 Å². The Balaban J connectivity index is 1.98. The van der Waals surface area contributed by atoms with E-state index in [4.69, 9.17) is 25.8 Å². The summed E-state index contributed by atoms with van der Waals surface area (Å²) >= 11 is 6.26. The number of ether oxygens (including phenoxy) is 3. The molecule has 0 fully saturated rings. The number of rotatable bonds is 8. The summed E-state index contributed by atoms with van der Waals surface area (Å²) in [7, 11) is 0. The van der Waals surface area contributed by atoms with Gasteiger partial charge in [0.1, 0.15) is 11.5 Å². The third-order valence-corrected chi connectivity index (χ3v) is 5.85. The number of hydrogen-bond acceptors (Lipinski definition) is 5. The van der Waals surface area contributed by atoms with E-state index in [0.717, 1.165) is 12.1 Å². The number of esters is 2. The van der Waals surface area contributed by atoms with Crippen molar-refractivity contribution in [1.29, 1.82) is 0 Å². The number of carbonyl (C=O) groups is 2. The molecule has 10 heteroatoms. The standard InChI is InChI=1S/C28H23ClF3NO5/c1-3-36-23(34)15-21-26(27(35)37-4-2)25-20(33-21)11-12-22(24(25)16-7-5-9-18(29)13-16)38-19-10-6-8-17(14-19)28(30,31)32/h5-14,33H,3-4,15H2,1-2H3. The van der Waals surface area contributed by atoms with Crippen molar-refractivity contribution in [2.24, 2.45) is 0 Å². The zero-order valence-electron chi connectivity index (χ0n) is 20.4. The first kappa shape index (κ1) is 27.1. The lowest BCUT2D eigenvalue weighted by Gasteiger charge is -2.15. The number of nitrogens with one attached hydrogen (secondary N) is 1. The Kier molecular flexibility index (Phi) is 7.97. The molecule has 6 nitrogen and oxygen atoms in total. The van der Waals surface area contributed by atoms with E-state index in [-0.39, 0.29) is 42.4 Å². The number of halogens is 4. The van der Waals surface area contributed by atoms with Crippen molar-refractivity contribution >= 4 is 34.4 Å². The van der Waals surface area contributed by atoms with Gasteiger partial charge in [0.05, 0.1) is 30.8 Å². The van der Waals surface area contributed by atoms with E-state index in [1.165, 1.54) is 12.1 Å². The lowest BCUT2D eigenvalue weighted by molar-refractivity contribution is -0.142. The first-order chi connectivity index (χ1) is 18.1. The monoisotopic (exact) mass is 545 g/mol. The SMILES string of the molecule is CCOC(=O)Cc1[nH]c2ccc(Oc3cccc(C(F)(F)F)c3)c(-c3cccc(Cl)c3)c2c1C(=O)OCC. The maximum absolute atomic E-state index is 13.3. The molecular formula is C28H23ClF3NO5. The molecule has 0 aliphatic carbocycles. The van der Waals surface area contributed by atoms with Crippen molar-refractivity contribution in [3.8, 4) is 22.6 Å². The maximum Gasteiger partial charge on any atom is 0.416 e. The van der Waals surface area contributed by atoms with E-state index in [1.807, 2.05) is 0 Å². The first-order valence-electron chi connectivity index (χ1n) is 11.7. The lowest BCUT2D eigenvalue weighted by Crippen LogP contribution is -2.13.